The van der Waals surface area contributed by atoms with Gasteiger partial charge in [-0.25, -0.2) is 0 Å². The fraction of sp³-hybridized carbons (Fsp3) is 0.500. The van der Waals surface area contributed by atoms with Crippen LogP contribution in [0.5, 0.6) is 0 Å². The summed E-state index contributed by atoms with van der Waals surface area (Å²) in [5, 5.41) is 0. The Kier molecular flexibility index (Phi) is 3.78. The number of benzene rings is 1. The Balaban J connectivity index is 1.89. The maximum absolute atomic E-state index is 5.47. The average molecular weight is 340 g/mol. The van der Waals surface area contributed by atoms with E-state index in [2.05, 4.69) is 55.5 Å². The van der Waals surface area contributed by atoms with Crippen molar-refractivity contribution in [1.82, 2.24) is 14.5 Å². The van der Waals surface area contributed by atoms with Crippen molar-refractivity contribution < 1.29 is 0 Å². The van der Waals surface area contributed by atoms with Crippen molar-refractivity contribution in [2.24, 2.45) is 5.92 Å². The van der Waals surface area contributed by atoms with Crippen LogP contribution in [-0.2, 0) is 6.54 Å². The Labute approximate surface area is 126 Å². The van der Waals surface area contributed by atoms with Gasteiger partial charge in [-0.1, -0.05) is 22.9 Å². The zero-order chi connectivity index (χ0) is 13.4. The van der Waals surface area contributed by atoms with Crippen LogP contribution in [0, 0.1) is 10.7 Å². The van der Waals surface area contributed by atoms with Gasteiger partial charge in [0.1, 0.15) is 0 Å². The third-order valence-corrected chi connectivity index (χ3v) is 4.81. The van der Waals surface area contributed by atoms with Crippen molar-refractivity contribution in [3.63, 3.8) is 0 Å². The molecule has 0 spiro atoms. The minimum Gasteiger partial charge on any atom is -0.331 e. The van der Waals surface area contributed by atoms with E-state index in [4.69, 9.17) is 12.2 Å². The summed E-state index contributed by atoms with van der Waals surface area (Å²) in [5.74, 6) is 0.717. The van der Waals surface area contributed by atoms with E-state index in [1.807, 2.05) is 0 Å². The van der Waals surface area contributed by atoms with Gasteiger partial charge in [-0.2, -0.15) is 0 Å². The van der Waals surface area contributed by atoms with Crippen molar-refractivity contribution in [2.75, 3.05) is 19.6 Å². The summed E-state index contributed by atoms with van der Waals surface area (Å²) in [6.45, 7) is 6.83. The van der Waals surface area contributed by atoms with E-state index in [1.165, 1.54) is 25.0 Å². The van der Waals surface area contributed by atoms with Crippen molar-refractivity contribution in [2.45, 2.75) is 19.9 Å². The molecule has 0 radical (unpaired) electrons. The molecule has 1 aromatic heterocycles. The second kappa shape index (κ2) is 5.38. The number of H-pyrrole nitrogens is 1. The fourth-order valence-corrected chi connectivity index (χ4v) is 3.57. The first-order chi connectivity index (χ1) is 9.17. The van der Waals surface area contributed by atoms with E-state index in [1.54, 1.807) is 0 Å². The first-order valence-corrected chi connectivity index (χ1v) is 7.98. The van der Waals surface area contributed by atoms with Gasteiger partial charge < -0.3 is 14.5 Å². The molecule has 19 heavy (non-hydrogen) atoms. The molecule has 0 bridgehead atoms. The third-order valence-electron chi connectivity index (χ3n) is 3.99. The Bertz CT molecular complexity index is 646. The first kappa shape index (κ1) is 13.3. The number of fused-ring (bicyclic) bond motifs is 1. The lowest BCUT2D eigenvalue weighted by Crippen LogP contribution is -2.21. The Morgan fingerprint density at radius 2 is 2.32 bits per heavy atom. The molecule has 1 saturated heterocycles. The summed E-state index contributed by atoms with van der Waals surface area (Å²) in [4.78, 5) is 5.81. The van der Waals surface area contributed by atoms with Crippen LogP contribution >= 0.6 is 28.1 Å². The highest BCUT2D eigenvalue weighted by Gasteiger charge is 2.22. The van der Waals surface area contributed by atoms with Crippen molar-refractivity contribution in [1.29, 1.82) is 0 Å². The number of aromatic amines is 1. The van der Waals surface area contributed by atoms with E-state index in [0.29, 0.717) is 5.92 Å². The highest BCUT2D eigenvalue weighted by molar-refractivity contribution is 9.10. The van der Waals surface area contributed by atoms with E-state index in [9.17, 15) is 0 Å². The third kappa shape index (κ3) is 2.64. The molecule has 1 unspecified atom stereocenters. The van der Waals surface area contributed by atoms with Crippen LogP contribution in [0.15, 0.2) is 22.7 Å². The topological polar surface area (TPSA) is 24.0 Å². The van der Waals surface area contributed by atoms with Gasteiger partial charge in [0, 0.05) is 17.6 Å². The van der Waals surface area contributed by atoms with Crippen molar-refractivity contribution in [3.05, 3.63) is 27.4 Å². The molecule has 3 rings (SSSR count). The number of nitrogens with zero attached hydrogens (tertiary/aromatic N) is 2. The zero-order valence-corrected chi connectivity index (χ0v) is 13.4. The number of rotatable bonds is 3. The van der Waals surface area contributed by atoms with E-state index in [0.717, 1.165) is 27.8 Å². The van der Waals surface area contributed by atoms with Crippen LogP contribution in [0.1, 0.15) is 13.3 Å². The Morgan fingerprint density at radius 3 is 3.05 bits per heavy atom. The smallest absolute Gasteiger partial charge is 0.178 e. The number of imidazole rings is 1. The summed E-state index contributed by atoms with van der Waals surface area (Å²) >= 11 is 8.97. The molecule has 0 aliphatic carbocycles. The van der Waals surface area contributed by atoms with Gasteiger partial charge in [-0.15, -0.1) is 0 Å². The lowest BCUT2D eigenvalue weighted by Gasteiger charge is -2.14. The molecule has 1 aromatic carbocycles. The lowest BCUT2D eigenvalue weighted by molar-refractivity contribution is 0.333. The molecule has 1 N–H and O–H groups in total. The molecule has 2 heterocycles. The van der Waals surface area contributed by atoms with Crippen LogP contribution < -0.4 is 0 Å². The van der Waals surface area contributed by atoms with Gasteiger partial charge in [-0.05, 0) is 55.8 Å². The number of hydrogen-bond donors (Lipinski definition) is 1. The first-order valence-electron chi connectivity index (χ1n) is 6.78. The van der Waals surface area contributed by atoms with Gasteiger partial charge in [0.05, 0.1) is 11.0 Å². The molecular weight excluding hydrogens is 322 g/mol. The number of hydrogen-bond acceptors (Lipinski definition) is 2. The van der Waals surface area contributed by atoms with E-state index >= 15 is 0 Å². The van der Waals surface area contributed by atoms with Gasteiger partial charge in [0.25, 0.3) is 0 Å². The molecule has 1 aliphatic rings. The predicted molar refractivity (Wildman–Crippen MR) is 85.0 cm³/mol. The van der Waals surface area contributed by atoms with E-state index in [-0.39, 0.29) is 0 Å². The van der Waals surface area contributed by atoms with Gasteiger partial charge in [-0.3, -0.25) is 0 Å². The Morgan fingerprint density at radius 1 is 1.47 bits per heavy atom. The van der Waals surface area contributed by atoms with Crippen LogP contribution in [-0.4, -0.2) is 34.1 Å². The second-order valence-corrected chi connectivity index (χ2v) is 6.55. The normalized spacial score (nSPS) is 20.4. The van der Waals surface area contributed by atoms with E-state index < -0.39 is 0 Å². The monoisotopic (exact) mass is 339 g/mol. The minimum absolute atomic E-state index is 0.717. The van der Waals surface area contributed by atoms with Crippen molar-refractivity contribution in [3.8, 4) is 0 Å². The summed E-state index contributed by atoms with van der Waals surface area (Å²) in [7, 11) is 0. The fourth-order valence-electron chi connectivity index (χ4n) is 2.92. The summed E-state index contributed by atoms with van der Waals surface area (Å²) in [5.41, 5.74) is 2.33. The molecule has 1 atom stereocenters. The molecule has 0 amide bonds. The molecule has 3 nitrogen and oxygen atoms in total. The SMILES string of the molecule is CCN1CCC(Cn2c(=S)[nH]c3cc(Br)ccc32)C1. The lowest BCUT2D eigenvalue weighted by atomic mass is 10.1. The number of nitrogens with one attached hydrogen (secondary N) is 1. The van der Waals surface area contributed by atoms with Gasteiger partial charge >= 0.3 is 0 Å². The van der Waals surface area contributed by atoms with Gasteiger partial charge in [0.2, 0.25) is 0 Å². The highest BCUT2D eigenvalue weighted by atomic mass is 79.9. The average Bonchev–Trinajstić information content (AvgIpc) is 2.95. The number of halogens is 1. The molecular formula is C14H18BrN3S. The molecule has 102 valence electrons. The Hall–Kier alpha value is -0.650. The maximum atomic E-state index is 5.47. The molecule has 5 heteroatoms. The summed E-state index contributed by atoms with van der Waals surface area (Å²) in [6, 6.07) is 6.31. The van der Waals surface area contributed by atoms with Crippen LogP contribution in [0.3, 0.4) is 0 Å². The minimum atomic E-state index is 0.717. The van der Waals surface area contributed by atoms with Crippen LogP contribution in [0.2, 0.25) is 0 Å². The quantitative estimate of drug-likeness (QED) is 0.860. The number of likely N-dealkylation sites (tertiary alicyclic amines) is 1. The standard InChI is InChI=1S/C14H18BrN3S/c1-2-17-6-5-10(8-17)9-18-13-4-3-11(15)7-12(13)16-14(18)19/h3-4,7,10H,2,5-6,8-9H2,1H3,(H,16,19). The maximum Gasteiger partial charge on any atom is 0.178 e. The zero-order valence-electron chi connectivity index (χ0n) is 11.0. The van der Waals surface area contributed by atoms with Crippen molar-refractivity contribution >= 4 is 39.2 Å². The van der Waals surface area contributed by atoms with Crippen LogP contribution in [0.4, 0.5) is 0 Å². The van der Waals surface area contributed by atoms with Gasteiger partial charge in [0.15, 0.2) is 4.77 Å². The summed E-state index contributed by atoms with van der Waals surface area (Å²) in [6.07, 6.45) is 1.28. The largest absolute Gasteiger partial charge is 0.331 e. The second-order valence-electron chi connectivity index (χ2n) is 5.25. The molecule has 1 aliphatic heterocycles. The number of aromatic nitrogens is 2. The highest BCUT2D eigenvalue weighted by Crippen LogP contribution is 2.23. The van der Waals surface area contributed by atoms with Crippen LogP contribution in [0.25, 0.3) is 11.0 Å². The predicted octanol–water partition coefficient (Wildman–Crippen LogP) is 3.80. The molecule has 2 aromatic rings. The molecule has 0 saturated carbocycles. The molecule has 1 fully saturated rings. The summed E-state index contributed by atoms with van der Waals surface area (Å²) < 4.78 is 4.17.